The number of hydrogen-bond acceptors (Lipinski definition) is 4. The van der Waals surface area contributed by atoms with E-state index in [2.05, 4.69) is 9.82 Å². The molecule has 0 bridgehead atoms. The summed E-state index contributed by atoms with van der Waals surface area (Å²) in [6.45, 7) is 0.496. The van der Waals surface area contributed by atoms with Crippen molar-refractivity contribution in [1.29, 1.82) is 0 Å². The minimum Gasteiger partial charge on any atom is -0.494 e. The second kappa shape index (κ2) is 4.92. The van der Waals surface area contributed by atoms with Crippen LogP contribution in [0.3, 0.4) is 0 Å². The number of benzene rings is 1. The summed E-state index contributed by atoms with van der Waals surface area (Å²) in [7, 11) is 1.64. The zero-order chi connectivity index (χ0) is 11.4. The van der Waals surface area contributed by atoms with Crippen LogP contribution in [0.5, 0.6) is 5.75 Å². The highest BCUT2D eigenvalue weighted by molar-refractivity contribution is 5.87. The normalized spacial score (nSPS) is 10.6. The van der Waals surface area contributed by atoms with Gasteiger partial charge in [0, 0.05) is 11.6 Å². The van der Waals surface area contributed by atoms with E-state index in [1.165, 1.54) is 0 Å². The topological polar surface area (TPSA) is 57.4 Å². The predicted octanol–water partition coefficient (Wildman–Crippen LogP) is 1.68. The van der Waals surface area contributed by atoms with Crippen molar-refractivity contribution in [3.63, 3.8) is 0 Å². The van der Waals surface area contributed by atoms with Crippen molar-refractivity contribution in [3.05, 3.63) is 36.0 Å². The fraction of sp³-hybridized carbons (Fsp3) is 0.250. The highest BCUT2D eigenvalue weighted by Crippen LogP contribution is 2.26. The van der Waals surface area contributed by atoms with Gasteiger partial charge in [-0.2, -0.15) is 0 Å². The number of ether oxygens (including phenoxy) is 1. The number of nitrogens with two attached hydrogens (primary N) is 1. The number of methoxy groups -OCH3 is 1. The van der Waals surface area contributed by atoms with Crippen LogP contribution >= 0.6 is 0 Å². The van der Waals surface area contributed by atoms with Crippen molar-refractivity contribution in [2.45, 2.75) is 6.42 Å². The van der Waals surface area contributed by atoms with Crippen LogP contribution in [0.1, 0.15) is 5.56 Å². The SMILES string of the molecule is COc1ccc(CCON)c2cccnc12. The van der Waals surface area contributed by atoms with Gasteiger partial charge in [0.15, 0.2) is 0 Å². The highest BCUT2D eigenvalue weighted by Gasteiger charge is 2.06. The average molecular weight is 218 g/mol. The summed E-state index contributed by atoms with van der Waals surface area (Å²) in [5.41, 5.74) is 2.04. The summed E-state index contributed by atoms with van der Waals surface area (Å²) >= 11 is 0. The number of fused-ring (bicyclic) bond motifs is 1. The second-order valence-electron chi connectivity index (χ2n) is 3.45. The number of rotatable bonds is 4. The largest absolute Gasteiger partial charge is 0.494 e. The van der Waals surface area contributed by atoms with Crippen LogP contribution in [-0.4, -0.2) is 18.7 Å². The van der Waals surface area contributed by atoms with Crippen LogP contribution in [0.2, 0.25) is 0 Å². The average Bonchev–Trinajstić information content (AvgIpc) is 2.36. The van der Waals surface area contributed by atoms with E-state index in [-0.39, 0.29) is 0 Å². The molecule has 0 saturated heterocycles. The first-order chi connectivity index (χ1) is 7.86. The van der Waals surface area contributed by atoms with E-state index in [0.29, 0.717) is 6.61 Å². The molecule has 0 atom stereocenters. The number of pyridine rings is 1. The Morgan fingerprint density at radius 2 is 2.19 bits per heavy atom. The first kappa shape index (κ1) is 10.9. The van der Waals surface area contributed by atoms with Gasteiger partial charge in [0.05, 0.1) is 13.7 Å². The van der Waals surface area contributed by atoms with E-state index in [1.807, 2.05) is 24.3 Å². The van der Waals surface area contributed by atoms with E-state index in [0.717, 1.165) is 28.6 Å². The maximum Gasteiger partial charge on any atom is 0.145 e. The van der Waals surface area contributed by atoms with Crippen LogP contribution in [0.15, 0.2) is 30.5 Å². The molecule has 1 aromatic heterocycles. The van der Waals surface area contributed by atoms with E-state index in [1.54, 1.807) is 13.3 Å². The van der Waals surface area contributed by atoms with Crippen molar-refractivity contribution >= 4 is 10.9 Å². The highest BCUT2D eigenvalue weighted by atomic mass is 16.6. The van der Waals surface area contributed by atoms with E-state index in [9.17, 15) is 0 Å². The molecule has 84 valence electrons. The monoisotopic (exact) mass is 218 g/mol. The summed E-state index contributed by atoms with van der Waals surface area (Å²) in [5, 5.41) is 1.08. The third-order valence-electron chi connectivity index (χ3n) is 2.53. The maximum absolute atomic E-state index is 5.27. The summed E-state index contributed by atoms with van der Waals surface area (Å²) in [6, 6.07) is 7.87. The molecule has 2 aromatic rings. The quantitative estimate of drug-likeness (QED) is 0.793. The first-order valence-corrected chi connectivity index (χ1v) is 5.09. The van der Waals surface area contributed by atoms with Gasteiger partial charge >= 0.3 is 0 Å². The lowest BCUT2D eigenvalue weighted by Gasteiger charge is -2.08. The van der Waals surface area contributed by atoms with Gasteiger partial charge in [-0.15, -0.1) is 0 Å². The van der Waals surface area contributed by atoms with Crippen LogP contribution in [-0.2, 0) is 11.3 Å². The zero-order valence-electron chi connectivity index (χ0n) is 9.14. The van der Waals surface area contributed by atoms with Crippen molar-refractivity contribution in [3.8, 4) is 5.75 Å². The number of aromatic nitrogens is 1. The summed E-state index contributed by atoms with van der Waals surface area (Å²) in [4.78, 5) is 8.92. The fourth-order valence-corrected chi connectivity index (χ4v) is 1.76. The molecule has 2 rings (SSSR count). The lowest BCUT2D eigenvalue weighted by atomic mass is 10.1. The lowest BCUT2D eigenvalue weighted by molar-refractivity contribution is 0.141. The third kappa shape index (κ3) is 1.98. The Kier molecular flexibility index (Phi) is 3.34. The molecule has 4 nitrogen and oxygen atoms in total. The maximum atomic E-state index is 5.27. The Hall–Kier alpha value is -1.65. The van der Waals surface area contributed by atoms with Gasteiger partial charge in [-0.1, -0.05) is 12.1 Å². The van der Waals surface area contributed by atoms with Gasteiger partial charge in [-0.25, -0.2) is 5.90 Å². The number of hydrogen-bond donors (Lipinski definition) is 1. The Balaban J connectivity index is 2.51. The van der Waals surface area contributed by atoms with Gasteiger partial charge < -0.3 is 9.57 Å². The fourth-order valence-electron chi connectivity index (χ4n) is 1.76. The molecule has 0 aliphatic rings. The Bertz CT molecular complexity index is 485. The summed E-state index contributed by atoms with van der Waals surface area (Å²) in [6.07, 6.45) is 2.52. The molecule has 0 amide bonds. The molecule has 2 N–H and O–H groups in total. The molecule has 4 heteroatoms. The van der Waals surface area contributed by atoms with Crippen LogP contribution in [0.4, 0.5) is 0 Å². The van der Waals surface area contributed by atoms with Gasteiger partial charge in [-0.05, 0) is 24.1 Å². The second-order valence-corrected chi connectivity index (χ2v) is 3.45. The van der Waals surface area contributed by atoms with E-state index in [4.69, 9.17) is 10.6 Å². The molecule has 1 heterocycles. The molecule has 0 unspecified atom stereocenters. The minimum absolute atomic E-state index is 0.496. The first-order valence-electron chi connectivity index (χ1n) is 5.09. The van der Waals surface area contributed by atoms with Crippen LogP contribution < -0.4 is 10.6 Å². The van der Waals surface area contributed by atoms with Gasteiger partial charge in [0.1, 0.15) is 11.3 Å². The van der Waals surface area contributed by atoms with Crippen LogP contribution in [0, 0.1) is 0 Å². The molecular formula is C12H14N2O2. The molecule has 0 saturated carbocycles. The van der Waals surface area contributed by atoms with Crippen LogP contribution in [0.25, 0.3) is 10.9 Å². The van der Waals surface area contributed by atoms with E-state index >= 15 is 0 Å². The van der Waals surface area contributed by atoms with Crippen molar-refractivity contribution in [2.75, 3.05) is 13.7 Å². The van der Waals surface area contributed by atoms with Crippen molar-refractivity contribution in [1.82, 2.24) is 4.98 Å². The molecule has 0 spiro atoms. The molecule has 1 aromatic carbocycles. The molecule has 0 aliphatic heterocycles. The molecule has 0 fully saturated rings. The minimum atomic E-state index is 0.496. The predicted molar refractivity (Wildman–Crippen MR) is 62.1 cm³/mol. The Morgan fingerprint density at radius 1 is 1.31 bits per heavy atom. The van der Waals surface area contributed by atoms with Crippen molar-refractivity contribution in [2.24, 2.45) is 5.90 Å². The number of nitrogens with zero attached hydrogens (tertiary/aromatic N) is 1. The molecule has 0 radical (unpaired) electrons. The zero-order valence-corrected chi connectivity index (χ0v) is 9.14. The lowest BCUT2D eigenvalue weighted by Crippen LogP contribution is -2.04. The summed E-state index contributed by atoms with van der Waals surface area (Å²) < 4.78 is 5.27. The van der Waals surface area contributed by atoms with Gasteiger partial charge in [-0.3, -0.25) is 4.98 Å². The smallest absolute Gasteiger partial charge is 0.145 e. The Morgan fingerprint density at radius 3 is 2.94 bits per heavy atom. The standard InChI is InChI=1S/C12H14N2O2/c1-15-11-5-4-9(6-8-16-13)10-3-2-7-14-12(10)11/h2-5,7H,6,8,13H2,1H3. The van der Waals surface area contributed by atoms with Gasteiger partial charge in [0.25, 0.3) is 0 Å². The molecular weight excluding hydrogens is 204 g/mol. The Labute approximate surface area is 93.9 Å². The summed E-state index contributed by atoms with van der Waals surface area (Å²) in [5.74, 6) is 5.82. The molecule has 16 heavy (non-hydrogen) atoms. The van der Waals surface area contributed by atoms with E-state index < -0.39 is 0 Å². The molecule has 0 aliphatic carbocycles. The third-order valence-corrected chi connectivity index (χ3v) is 2.53. The van der Waals surface area contributed by atoms with Gasteiger partial charge in [0.2, 0.25) is 0 Å². The van der Waals surface area contributed by atoms with Crippen molar-refractivity contribution < 1.29 is 9.57 Å².